The van der Waals surface area contributed by atoms with Crippen molar-refractivity contribution in [3.8, 4) is 17.2 Å². The number of aliphatic hydroxyl groups is 1. The predicted molar refractivity (Wildman–Crippen MR) is 240 cm³/mol. The van der Waals surface area contributed by atoms with Gasteiger partial charge in [-0.3, -0.25) is 14.4 Å². The fraction of sp³-hybridized carbons (Fsp3) is 0.469. The molecule has 14 nitrogen and oxygen atoms in total. The van der Waals surface area contributed by atoms with Crippen molar-refractivity contribution in [2.24, 2.45) is 16.2 Å². The minimum atomic E-state index is -2.94. The molecule has 0 aromatic heterocycles. The Hall–Kier alpha value is -5.68. The second kappa shape index (κ2) is 22.3. The Morgan fingerprint density at radius 1 is 0.781 bits per heavy atom. The third-order valence-electron chi connectivity index (χ3n) is 12.2. The second-order valence-electron chi connectivity index (χ2n) is 17.1. The van der Waals surface area contributed by atoms with Gasteiger partial charge < -0.3 is 37.3 Å². The van der Waals surface area contributed by atoms with E-state index in [1.165, 1.54) is 28.4 Å². The average Bonchev–Trinajstić information content (AvgIpc) is 3.64. The summed E-state index contributed by atoms with van der Waals surface area (Å²) in [5, 5.41) is 19.1. The summed E-state index contributed by atoms with van der Waals surface area (Å²) in [6, 6.07) is 22.2. The van der Waals surface area contributed by atoms with Crippen LogP contribution in [0, 0.1) is 34.1 Å². The number of carbonyl (C=O) groups excluding carboxylic acids is 4. The van der Waals surface area contributed by atoms with E-state index < -0.39 is 54.8 Å². The van der Waals surface area contributed by atoms with Gasteiger partial charge >= 0.3 is 32.7 Å². The summed E-state index contributed by atoms with van der Waals surface area (Å²) in [6.07, 6.45) is 1.23. The Kier molecular flexibility index (Phi) is 17.7. The van der Waals surface area contributed by atoms with Gasteiger partial charge in [0.05, 0.1) is 54.8 Å². The van der Waals surface area contributed by atoms with E-state index in [2.05, 4.69) is 4.85 Å². The summed E-state index contributed by atoms with van der Waals surface area (Å²) in [7, 11) is 2.91. The van der Waals surface area contributed by atoms with Crippen molar-refractivity contribution in [2.75, 3.05) is 48.3 Å². The maximum atomic E-state index is 14.4. The second-order valence-corrected chi connectivity index (χ2v) is 20.2. The van der Waals surface area contributed by atoms with Gasteiger partial charge in [0, 0.05) is 38.5 Å². The van der Waals surface area contributed by atoms with Gasteiger partial charge in [0.25, 0.3) is 5.70 Å². The number of methoxy groups -OCH3 is 1. The molecular weight excluding hydrogens is 837 g/mol. The van der Waals surface area contributed by atoms with Crippen LogP contribution in [0.4, 0.5) is 0 Å². The molecule has 3 atom stereocenters. The molecule has 1 aliphatic carbocycles. The summed E-state index contributed by atoms with van der Waals surface area (Å²) in [6.45, 7) is 15.9. The summed E-state index contributed by atoms with van der Waals surface area (Å²) < 4.78 is 39.0. The molecule has 342 valence electrons. The fourth-order valence-electron chi connectivity index (χ4n) is 8.54. The Bertz CT molecular complexity index is 2250. The first-order valence-electron chi connectivity index (χ1n) is 21.2. The van der Waals surface area contributed by atoms with Crippen LogP contribution in [0.25, 0.3) is 21.5 Å². The van der Waals surface area contributed by atoms with Gasteiger partial charge in [0.2, 0.25) is 0 Å². The van der Waals surface area contributed by atoms with E-state index in [1.807, 2.05) is 61.5 Å². The lowest BCUT2D eigenvalue weighted by Gasteiger charge is -2.39. The number of ether oxygens (including phenoxy) is 4. The minimum absolute atomic E-state index is 0.0371. The highest BCUT2D eigenvalue weighted by atomic mass is 28.4. The van der Waals surface area contributed by atoms with E-state index in [-0.39, 0.29) is 51.4 Å². The van der Waals surface area contributed by atoms with E-state index >= 15 is 0 Å². The number of rotatable bonds is 23. The average molecular weight is 897 g/mol. The van der Waals surface area contributed by atoms with Gasteiger partial charge in [-0.15, -0.1) is 0 Å². The molecule has 3 unspecified atom stereocenters. The van der Waals surface area contributed by atoms with Gasteiger partial charge in [-0.05, 0) is 99.6 Å². The highest BCUT2D eigenvalue weighted by molar-refractivity contribution is 6.60. The van der Waals surface area contributed by atoms with Crippen LogP contribution >= 0.6 is 0 Å². The number of carbonyl (C=O) groups is 4. The molecule has 3 aromatic rings. The van der Waals surface area contributed by atoms with Crippen LogP contribution in [0.2, 0.25) is 6.04 Å². The molecule has 0 amide bonds. The quantitative estimate of drug-likeness (QED) is 0.0187. The van der Waals surface area contributed by atoms with Crippen LogP contribution < -0.4 is 0 Å². The van der Waals surface area contributed by atoms with Crippen molar-refractivity contribution >= 4 is 38.3 Å². The summed E-state index contributed by atoms with van der Waals surface area (Å²) in [5.41, 5.74) is 1.36. The molecule has 64 heavy (non-hydrogen) atoms. The number of fused-ring (bicyclic) bond motifs is 3. The topological polar surface area (TPSA) is 181 Å². The molecule has 1 aliphatic rings. The van der Waals surface area contributed by atoms with Crippen LogP contribution in [-0.4, -0.2) is 86.0 Å². The van der Waals surface area contributed by atoms with E-state index in [4.69, 9.17) is 38.8 Å². The monoisotopic (exact) mass is 896 g/mol. The molecular formula is C49H60N2O12Si. The summed E-state index contributed by atoms with van der Waals surface area (Å²) in [5.74, 6) is -2.57. The van der Waals surface area contributed by atoms with Gasteiger partial charge in [0.1, 0.15) is 13.2 Å². The summed E-state index contributed by atoms with van der Waals surface area (Å²) in [4.78, 5) is 58.3. The normalized spacial score (nSPS) is 15.2. The van der Waals surface area contributed by atoms with Crippen LogP contribution in [0.3, 0.4) is 0 Å². The summed E-state index contributed by atoms with van der Waals surface area (Å²) >= 11 is 0. The third kappa shape index (κ3) is 11.5. The largest absolute Gasteiger partial charge is 0.500 e. The molecule has 0 fully saturated rings. The van der Waals surface area contributed by atoms with Crippen LogP contribution in [0.15, 0.2) is 72.4 Å². The zero-order valence-corrected chi connectivity index (χ0v) is 39.3. The lowest BCUT2D eigenvalue weighted by atomic mass is 9.65. The fourth-order valence-corrected chi connectivity index (χ4v) is 10.2. The SMILES string of the molecule is [C-]#[N+]/C(C#N)=C1/c2ccccc2-c2c(C(=O)OCc3ccc(C(CC(C)(C)C(=O)OCCO)CC(C)(CC(C)(CC)C(=O)OC)C(=O)OCCC[Si](OC)(OC)OC)cc3)cccc21. The Morgan fingerprint density at radius 2 is 1.41 bits per heavy atom. The molecule has 0 aliphatic heterocycles. The highest BCUT2D eigenvalue weighted by Crippen LogP contribution is 2.49. The number of hydrogen-bond acceptors (Lipinski definition) is 13. The first-order valence-corrected chi connectivity index (χ1v) is 23.1. The third-order valence-corrected chi connectivity index (χ3v) is 15.0. The van der Waals surface area contributed by atoms with E-state index in [0.717, 1.165) is 11.1 Å². The molecule has 0 spiro atoms. The minimum Gasteiger partial charge on any atom is -0.469 e. The molecule has 15 heteroatoms. The maximum absolute atomic E-state index is 14.4. The number of nitriles is 1. The molecule has 3 aromatic carbocycles. The van der Waals surface area contributed by atoms with Crippen molar-refractivity contribution in [1.82, 2.24) is 0 Å². The smallest absolute Gasteiger partial charge is 0.469 e. The number of allylic oxidation sites excluding steroid dienone is 1. The Morgan fingerprint density at radius 3 is 1.98 bits per heavy atom. The lowest BCUT2D eigenvalue weighted by Crippen LogP contribution is -2.43. The van der Waals surface area contributed by atoms with E-state index in [1.54, 1.807) is 45.9 Å². The first-order chi connectivity index (χ1) is 30.5. The van der Waals surface area contributed by atoms with Crippen molar-refractivity contribution in [3.05, 3.63) is 112 Å². The first kappa shape index (κ1) is 51.0. The highest BCUT2D eigenvalue weighted by Gasteiger charge is 2.48. The van der Waals surface area contributed by atoms with E-state index in [9.17, 15) is 29.5 Å². The van der Waals surface area contributed by atoms with Crippen LogP contribution in [0.5, 0.6) is 0 Å². The van der Waals surface area contributed by atoms with Gasteiger partial charge in [-0.2, -0.15) is 0 Å². The van der Waals surface area contributed by atoms with E-state index in [0.29, 0.717) is 52.3 Å². The Labute approximate surface area is 377 Å². The predicted octanol–water partition coefficient (Wildman–Crippen LogP) is 8.45. The maximum Gasteiger partial charge on any atom is 0.500 e. The van der Waals surface area contributed by atoms with Crippen LogP contribution in [-0.2, 0) is 53.2 Å². The van der Waals surface area contributed by atoms with Crippen molar-refractivity contribution in [2.45, 2.75) is 85.3 Å². The standard InChI is InChI=1S/C49H60N2O12Si/c1-11-48(4,45(55)57-7)32-49(5,46(56)61-25-15-27-64(58-8,59-9)60-10)29-35(28-47(2,3)44(54)62-26-24-52)34-22-20-33(21-23-34)31-63-43(53)39-19-14-18-38-41(39)36-16-12-13-17-37(36)42(38)40(30-50)51-6/h12-14,16-23,35,52H,11,15,24-29,31-32H2,1-5,7-10H3/b42-40-. The van der Waals surface area contributed by atoms with Gasteiger partial charge in [-0.1, -0.05) is 67.6 Å². The molecule has 0 heterocycles. The van der Waals surface area contributed by atoms with Gasteiger partial charge in [-0.25, -0.2) is 14.9 Å². The molecule has 0 saturated heterocycles. The number of aliphatic hydroxyl groups excluding tert-OH is 1. The lowest BCUT2D eigenvalue weighted by molar-refractivity contribution is -0.163. The van der Waals surface area contributed by atoms with Crippen LogP contribution in [0.1, 0.15) is 105 Å². The van der Waals surface area contributed by atoms with Crippen molar-refractivity contribution < 1.29 is 56.5 Å². The molecule has 0 saturated carbocycles. The molecule has 0 bridgehead atoms. The van der Waals surface area contributed by atoms with Gasteiger partial charge in [0.15, 0.2) is 0 Å². The molecule has 1 N–H and O–H groups in total. The zero-order valence-electron chi connectivity index (χ0n) is 38.3. The molecule has 4 rings (SSSR count). The molecule has 0 radical (unpaired) electrons. The number of benzene rings is 3. The van der Waals surface area contributed by atoms with Crippen molar-refractivity contribution in [3.63, 3.8) is 0 Å². The number of nitrogens with zero attached hydrogens (tertiary/aromatic N) is 2. The Balaban J connectivity index is 1.67. The number of esters is 4. The zero-order chi connectivity index (χ0) is 47.3. The van der Waals surface area contributed by atoms with Crippen molar-refractivity contribution in [1.29, 1.82) is 5.26 Å². The number of hydrogen-bond donors (Lipinski definition) is 1.